The number of sulfonamides is 1. The van der Waals surface area contributed by atoms with Crippen molar-refractivity contribution in [1.82, 2.24) is 4.98 Å². The van der Waals surface area contributed by atoms with E-state index in [1.807, 2.05) is 0 Å². The molecule has 1 aromatic carbocycles. The predicted molar refractivity (Wildman–Crippen MR) is 77.9 cm³/mol. The van der Waals surface area contributed by atoms with Gasteiger partial charge in [-0.3, -0.25) is 9.52 Å². The van der Waals surface area contributed by atoms with Gasteiger partial charge >= 0.3 is 5.97 Å². The van der Waals surface area contributed by atoms with E-state index in [1.54, 1.807) is 24.3 Å². The minimum Gasteiger partial charge on any atom is -0.477 e. The molecule has 0 aliphatic rings. The number of benzene rings is 1. The van der Waals surface area contributed by atoms with Gasteiger partial charge in [0.15, 0.2) is 0 Å². The molecule has 0 aliphatic carbocycles. The van der Waals surface area contributed by atoms with Crippen molar-refractivity contribution >= 4 is 21.7 Å². The maximum absolute atomic E-state index is 11.4. The number of pyridine rings is 1. The van der Waals surface area contributed by atoms with Crippen molar-refractivity contribution in [2.45, 2.75) is 0 Å². The van der Waals surface area contributed by atoms with Gasteiger partial charge in [0.1, 0.15) is 5.56 Å². The number of aromatic nitrogens is 1. The molecule has 0 saturated heterocycles. The molecule has 0 unspecified atom stereocenters. The number of aromatic amines is 1. The molecule has 1 heterocycles. The fourth-order valence-electron chi connectivity index (χ4n) is 1.79. The molecule has 0 spiro atoms. The van der Waals surface area contributed by atoms with Crippen LogP contribution in [0.15, 0.2) is 41.3 Å². The Balaban J connectivity index is 2.48. The maximum atomic E-state index is 11.4. The van der Waals surface area contributed by atoms with Crippen LogP contribution < -0.4 is 10.3 Å². The quantitative estimate of drug-likeness (QED) is 0.782. The van der Waals surface area contributed by atoms with Crippen LogP contribution in [0.4, 0.5) is 5.69 Å². The predicted octanol–water partition coefficient (Wildman–Crippen LogP) is 1.11. The van der Waals surface area contributed by atoms with Gasteiger partial charge in [-0.05, 0) is 29.3 Å². The van der Waals surface area contributed by atoms with E-state index in [2.05, 4.69) is 9.71 Å². The van der Waals surface area contributed by atoms with Crippen molar-refractivity contribution in [3.63, 3.8) is 0 Å². The van der Waals surface area contributed by atoms with Crippen molar-refractivity contribution in [2.24, 2.45) is 0 Å². The molecule has 0 amide bonds. The second-order valence-electron chi connectivity index (χ2n) is 4.39. The van der Waals surface area contributed by atoms with Gasteiger partial charge in [0.25, 0.3) is 5.56 Å². The molecule has 8 heteroatoms. The van der Waals surface area contributed by atoms with Gasteiger partial charge in [-0.25, -0.2) is 13.2 Å². The smallest absolute Gasteiger partial charge is 0.341 e. The van der Waals surface area contributed by atoms with Crippen LogP contribution in [0.25, 0.3) is 11.1 Å². The van der Waals surface area contributed by atoms with Gasteiger partial charge < -0.3 is 10.1 Å². The highest BCUT2D eigenvalue weighted by molar-refractivity contribution is 7.92. The summed E-state index contributed by atoms with van der Waals surface area (Å²) in [5.74, 6) is -1.33. The van der Waals surface area contributed by atoms with Gasteiger partial charge in [0, 0.05) is 11.9 Å². The lowest BCUT2D eigenvalue weighted by molar-refractivity contribution is 0.0695. The summed E-state index contributed by atoms with van der Waals surface area (Å²) in [6, 6.07) is 7.64. The number of nitrogens with one attached hydrogen (secondary N) is 2. The van der Waals surface area contributed by atoms with E-state index in [9.17, 15) is 18.0 Å². The lowest BCUT2D eigenvalue weighted by Crippen LogP contribution is -2.16. The molecule has 0 aliphatic heterocycles. The molecule has 110 valence electrons. The zero-order chi connectivity index (χ0) is 15.6. The minimum atomic E-state index is -3.41. The first kappa shape index (κ1) is 14.8. The SMILES string of the molecule is CS(=O)(=O)Nc1cccc(-c2c[nH]c(=O)c(C(=O)O)c2)c1. The second-order valence-corrected chi connectivity index (χ2v) is 6.14. The van der Waals surface area contributed by atoms with E-state index in [1.165, 1.54) is 12.3 Å². The average molecular weight is 308 g/mol. The summed E-state index contributed by atoms with van der Waals surface area (Å²) in [6.45, 7) is 0. The standard InChI is InChI=1S/C13H12N2O5S/c1-21(19,20)15-10-4-2-3-8(5-10)9-6-11(13(17)18)12(16)14-7-9/h2-7,15H,1H3,(H,14,16)(H,17,18). The van der Waals surface area contributed by atoms with Crippen LogP contribution in [0, 0.1) is 0 Å². The van der Waals surface area contributed by atoms with Crippen LogP contribution >= 0.6 is 0 Å². The Morgan fingerprint density at radius 3 is 2.57 bits per heavy atom. The van der Waals surface area contributed by atoms with Gasteiger partial charge in [-0.15, -0.1) is 0 Å². The molecule has 0 radical (unpaired) electrons. The van der Waals surface area contributed by atoms with Crippen molar-refractivity contribution in [1.29, 1.82) is 0 Å². The molecule has 3 N–H and O–H groups in total. The Morgan fingerprint density at radius 1 is 1.24 bits per heavy atom. The Kier molecular flexibility index (Phi) is 3.81. The summed E-state index contributed by atoms with van der Waals surface area (Å²) in [7, 11) is -3.41. The molecule has 0 saturated carbocycles. The molecular weight excluding hydrogens is 296 g/mol. The summed E-state index contributed by atoms with van der Waals surface area (Å²) in [4.78, 5) is 24.7. The number of carboxylic acids is 1. The number of anilines is 1. The fraction of sp³-hybridized carbons (Fsp3) is 0.0769. The monoisotopic (exact) mass is 308 g/mol. The highest BCUT2D eigenvalue weighted by atomic mass is 32.2. The fourth-order valence-corrected chi connectivity index (χ4v) is 2.34. The van der Waals surface area contributed by atoms with Crippen molar-refractivity contribution < 1.29 is 18.3 Å². The number of carbonyl (C=O) groups is 1. The number of aromatic carboxylic acids is 1. The molecule has 21 heavy (non-hydrogen) atoms. The van der Waals surface area contributed by atoms with Crippen LogP contribution in [-0.4, -0.2) is 30.7 Å². The normalized spacial score (nSPS) is 11.1. The summed E-state index contributed by atoms with van der Waals surface area (Å²) in [5, 5.41) is 8.93. The number of H-pyrrole nitrogens is 1. The zero-order valence-corrected chi connectivity index (χ0v) is 11.8. The van der Waals surface area contributed by atoms with Gasteiger partial charge in [0.05, 0.1) is 6.26 Å². The molecule has 2 aromatic rings. The first-order valence-corrected chi connectivity index (χ1v) is 7.70. The Bertz CT molecular complexity index is 855. The van der Waals surface area contributed by atoms with Crippen molar-refractivity contribution in [2.75, 3.05) is 11.0 Å². The first-order chi connectivity index (χ1) is 9.76. The number of carboxylic acid groups (broad SMARTS) is 1. The van der Waals surface area contributed by atoms with E-state index in [0.717, 1.165) is 6.26 Å². The Hall–Kier alpha value is -2.61. The molecule has 2 rings (SSSR count). The lowest BCUT2D eigenvalue weighted by atomic mass is 10.1. The number of hydrogen-bond acceptors (Lipinski definition) is 4. The number of rotatable bonds is 4. The molecule has 0 fully saturated rings. The number of hydrogen-bond donors (Lipinski definition) is 3. The largest absolute Gasteiger partial charge is 0.477 e. The topological polar surface area (TPSA) is 116 Å². The van der Waals surface area contributed by atoms with E-state index in [0.29, 0.717) is 16.8 Å². The minimum absolute atomic E-state index is 0.345. The summed E-state index contributed by atoms with van der Waals surface area (Å²) in [5.41, 5.74) is 0.301. The third-order valence-corrected chi connectivity index (χ3v) is 3.24. The Labute approximate surface area is 120 Å². The molecule has 7 nitrogen and oxygen atoms in total. The molecular formula is C13H12N2O5S. The third-order valence-electron chi connectivity index (χ3n) is 2.63. The van der Waals surface area contributed by atoms with Crippen LogP contribution in [0.3, 0.4) is 0 Å². The van der Waals surface area contributed by atoms with Crippen molar-refractivity contribution in [3.05, 3.63) is 52.4 Å². The first-order valence-electron chi connectivity index (χ1n) is 5.80. The third kappa shape index (κ3) is 3.69. The summed E-state index contributed by atoms with van der Waals surface area (Å²) < 4.78 is 24.7. The maximum Gasteiger partial charge on any atom is 0.341 e. The van der Waals surface area contributed by atoms with E-state index in [4.69, 9.17) is 5.11 Å². The van der Waals surface area contributed by atoms with Gasteiger partial charge in [0.2, 0.25) is 10.0 Å². The van der Waals surface area contributed by atoms with Crippen LogP contribution in [-0.2, 0) is 10.0 Å². The molecule has 0 bridgehead atoms. The Morgan fingerprint density at radius 2 is 1.95 bits per heavy atom. The summed E-state index contributed by atoms with van der Waals surface area (Å²) in [6.07, 6.45) is 2.40. The second kappa shape index (κ2) is 5.41. The lowest BCUT2D eigenvalue weighted by Gasteiger charge is -2.07. The van der Waals surface area contributed by atoms with Crippen LogP contribution in [0.2, 0.25) is 0 Å². The van der Waals surface area contributed by atoms with Gasteiger partial charge in [-0.2, -0.15) is 0 Å². The van der Waals surface area contributed by atoms with Gasteiger partial charge in [-0.1, -0.05) is 12.1 Å². The molecule has 1 aromatic heterocycles. The zero-order valence-electron chi connectivity index (χ0n) is 11.0. The molecule has 0 atom stereocenters. The van der Waals surface area contributed by atoms with Crippen molar-refractivity contribution in [3.8, 4) is 11.1 Å². The van der Waals surface area contributed by atoms with Crippen LogP contribution in [0.1, 0.15) is 10.4 Å². The highest BCUT2D eigenvalue weighted by Gasteiger charge is 2.11. The van der Waals surface area contributed by atoms with E-state index >= 15 is 0 Å². The summed E-state index contributed by atoms with van der Waals surface area (Å²) >= 11 is 0. The van der Waals surface area contributed by atoms with Crippen LogP contribution in [0.5, 0.6) is 0 Å². The van der Waals surface area contributed by atoms with E-state index < -0.39 is 21.6 Å². The van der Waals surface area contributed by atoms with E-state index in [-0.39, 0.29) is 5.56 Å². The highest BCUT2D eigenvalue weighted by Crippen LogP contribution is 2.22. The average Bonchev–Trinajstić information content (AvgIpc) is 2.37.